The van der Waals surface area contributed by atoms with E-state index in [9.17, 15) is 13.2 Å². The van der Waals surface area contributed by atoms with Gasteiger partial charge in [0.2, 0.25) is 10.0 Å². The monoisotopic (exact) mass is 359 g/mol. The molecule has 1 saturated heterocycles. The standard InChI is InChI=1S/C15H21NO7S/c1-21-11-8-12(22-2)14(13(9-11)23-3)24(19,20)16-6-4-10(5-7-16)15(17)18/h8-10H,4-7H2,1-3H3,(H,17,18). The first-order valence-corrected chi connectivity index (χ1v) is 8.82. The lowest BCUT2D eigenvalue weighted by atomic mass is 9.99. The number of piperidine rings is 1. The topological polar surface area (TPSA) is 102 Å². The molecule has 1 aromatic rings. The van der Waals surface area contributed by atoms with E-state index >= 15 is 0 Å². The zero-order valence-electron chi connectivity index (χ0n) is 13.8. The van der Waals surface area contributed by atoms with Crippen molar-refractivity contribution in [2.24, 2.45) is 5.92 Å². The molecule has 0 amide bonds. The fraction of sp³-hybridized carbons (Fsp3) is 0.533. The maximum absolute atomic E-state index is 13.0. The van der Waals surface area contributed by atoms with E-state index in [-0.39, 0.29) is 42.3 Å². The Hall–Kier alpha value is -2.00. The van der Waals surface area contributed by atoms with Gasteiger partial charge in [-0.3, -0.25) is 4.79 Å². The van der Waals surface area contributed by atoms with Crippen molar-refractivity contribution < 1.29 is 32.5 Å². The van der Waals surface area contributed by atoms with Gasteiger partial charge in [-0.15, -0.1) is 0 Å². The number of aliphatic carboxylic acids is 1. The molecule has 8 nitrogen and oxygen atoms in total. The molecule has 2 rings (SSSR count). The number of hydrogen-bond donors (Lipinski definition) is 1. The lowest BCUT2D eigenvalue weighted by Crippen LogP contribution is -2.40. The first-order valence-electron chi connectivity index (χ1n) is 7.38. The van der Waals surface area contributed by atoms with Gasteiger partial charge in [0.1, 0.15) is 17.2 Å². The molecule has 0 atom stereocenters. The second kappa shape index (κ2) is 7.27. The Morgan fingerprint density at radius 2 is 1.58 bits per heavy atom. The smallest absolute Gasteiger partial charge is 0.306 e. The van der Waals surface area contributed by atoms with Crippen LogP contribution in [0.2, 0.25) is 0 Å². The second-order valence-electron chi connectivity index (χ2n) is 5.38. The summed E-state index contributed by atoms with van der Waals surface area (Å²) in [5.41, 5.74) is 0. The number of carboxylic acids is 1. The number of carbonyl (C=O) groups is 1. The molecule has 1 heterocycles. The molecule has 1 fully saturated rings. The van der Waals surface area contributed by atoms with Gasteiger partial charge in [0, 0.05) is 25.2 Å². The Labute approximate surface area is 141 Å². The zero-order valence-corrected chi connectivity index (χ0v) is 14.6. The van der Waals surface area contributed by atoms with Crippen LogP contribution in [0.1, 0.15) is 12.8 Å². The van der Waals surface area contributed by atoms with Gasteiger partial charge < -0.3 is 19.3 Å². The van der Waals surface area contributed by atoms with Crippen molar-refractivity contribution in [1.29, 1.82) is 0 Å². The summed E-state index contributed by atoms with van der Waals surface area (Å²) >= 11 is 0. The second-order valence-corrected chi connectivity index (χ2v) is 7.25. The van der Waals surface area contributed by atoms with Gasteiger partial charge >= 0.3 is 5.97 Å². The van der Waals surface area contributed by atoms with Gasteiger partial charge in [-0.25, -0.2) is 8.42 Å². The minimum atomic E-state index is -3.89. The first-order chi connectivity index (χ1) is 11.3. The largest absolute Gasteiger partial charge is 0.496 e. The third-order valence-electron chi connectivity index (χ3n) is 4.07. The van der Waals surface area contributed by atoms with E-state index in [2.05, 4.69) is 0 Å². The molecule has 1 aliphatic rings. The molecule has 24 heavy (non-hydrogen) atoms. The molecule has 9 heteroatoms. The Balaban J connectivity index is 2.41. The summed E-state index contributed by atoms with van der Waals surface area (Å²) in [6, 6.07) is 2.94. The van der Waals surface area contributed by atoms with Crippen molar-refractivity contribution in [3.8, 4) is 17.2 Å². The average molecular weight is 359 g/mol. The molecule has 134 valence electrons. The third-order valence-corrected chi connectivity index (χ3v) is 6.03. The summed E-state index contributed by atoms with van der Waals surface area (Å²) in [5, 5.41) is 9.04. The van der Waals surface area contributed by atoms with Crippen molar-refractivity contribution in [1.82, 2.24) is 4.31 Å². The molecule has 0 unspecified atom stereocenters. The summed E-state index contributed by atoms with van der Waals surface area (Å²) in [6.45, 7) is 0.273. The number of benzene rings is 1. The fourth-order valence-electron chi connectivity index (χ4n) is 2.70. The highest BCUT2D eigenvalue weighted by Gasteiger charge is 2.36. The van der Waals surface area contributed by atoms with Crippen LogP contribution in [0.3, 0.4) is 0 Å². The summed E-state index contributed by atoms with van der Waals surface area (Å²) in [4.78, 5) is 10.9. The van der Waals surface area contributed by atoms with Crippen LogP contribution in [0, 0.1) is 5.92 Å². The van der Waals surface area contributed by atoms with Crippen LogP contribution in [-0.2, 0) is 14.8 Å². The van der Waals surface area contributed by atoms with Crippen molar-refractivity contribution >= 4 is 16.0 Å². The number of sulfonamides is 1. The van der Waals surface area contributed by atoms with E-state index in [0.29, 0.717) is 5.75 Å². The maximum atomic E-state index is 13.0. The van der Waals surface area contributed by atoms with Gasteiger partial charge in [-0.05, 0) is 12.8 Å². The zero-order chi connectivity index (χ0) is 17.9. The minimum absolute atomic E-state index is 0.0814. The van der Waals surface area contributed by atoms with Crippen molar-refractivity contribution in [2.45, 2.75) is 17.7 Å². The Bertz CT molecular complexity index is 684. The maximum Gasteiger partial charge on any atom is 0.306 e. The number of nitrogens with zero attached hydrogens (tertiary/aromatic N) is 1. The minimum Gasteiger partial charge on any atom is -0.496 e. The van der Waals surface area contributed by atoms with Crippen molar-refractivity contribution in [3.63, 3.8) is 0 Å². The van der Waals surface area contributed by atoms with Crippen LogP contribution in [0.4, 0.5) is 0 Å². The predicted molar refractivity (Wildman–Crippen MR) is 85.2 cm³/mol. The lowest BCUT2D eigenvalue weighted by Gasteiger charge is -2.30. The van der Waals surface area contributed by atoms with E-state index < -0.39 is 21.9 Å². The molecule has 1 aliphatic heterocycles. The average Bonchev–Trinajstić information content (AvgIpc) is 2.60. The van der Waals surface area contributed by atoms with Gasteiger partial charge in [-0.2, -0.15) is 4.31 Å². The number of hydrogen-bond acceptors (Lipinski definition) is 6. The molecule has 1 aromatic carbocycles. The highest BCUT2D eigenvalue weighted by molar-refractivity contribution is 7.89. The molecule has 1 N–H and O–H groups in total. The van der Waals surface area contributed by atoms with E-state index in [1.165, 1.54) is 37.8 Å². The van der Waals surface area contributed by atoms with E-state index in [4.69, 9.17) is 19.3 Å². The Kier molecular flexibility index (Phi) is 5.55. The lowest BCUT2D eigenvalue weighted by molar-refractivity contribution is -0.142. The third kappa shape index (κ3) is 3.41. The highest BCUT2D eigenvalue weighted by Crippen LogP contribution is 2.40. The number of methoxy groups -OCH3 is 3. The molecular formula is C15H21NO7S. The number of carboxylic acid groups (broad SMARTS) is 1. The summed E-state index contributed by atoms with van der Waals surface area (Å²) < 4.78 is 42.8. The van der Waals surface area contributed by atoms with E-state index in [1.54, 1.807) is 0 Å². The van der Waals surface area contributed by atoms with Gasteiger partial charge in [0.15, 0.2) is 4.90 Å². The molecule has 0 aliphatic carbocycles. The first kappa shape index (κ1) is 18.3. The predicted octanol–water partition coefficient (Wildman–Crippen LogP) is 1.20. The summed E-state index contributed by atoms with van der Waals surface area (Å²) in [6.07, 6.45) is 0.546. The summed E-state index contributed by atoms with van der Waals surface area (Å²) in [7, 11) is 0.301. The Morgan fingerprint density at radius 1 is 1.08 bits per heavy atom. The molecule has 0 radical (unpaired) electrons. The molecule has 0 spiro atoms. The van der Waals surface area contributed by atoms with Crippen LogP contribution < -0.4 is 14.2 Å². The van der Waals surface area contributed by atoms with E-state index in [0.717, 1.165) is 0 Å². The SMILES string of the molecule is COc1cc(OC)c(S(=O)(=O)N2CCC(C(=O)O)CC2)c(OC)c1. The van der Waals surface area contributed by atoms with Crippen molar-refractivity contribution in [3.05, 3.63) is 12.1 Å². The summed E-state index contributed by atoms with van der Waals surface area (Å²) in [5.74, 6) is -0.770. The van der Waals surface area contributed by atoms with Crippen LogP contribution in [0.15, 0.2) is 17.0 Å². The molecule has 0 aromatic heterocycles. The van der Waals surface area contributed by atoms with Crippen molar-refractivity contribution in [2.75, 3.05) is 34.4 Å². The quantitative estimate of drug-likeness (QED) is 0.814. The molecule has 0 bridgehead atoms. The number of rotatable bonds is 6. The molecule has 0 saturated carbocycles. The van der Waals surface area contributed by atoms with Crippen LogP contribution in [0.25, 0.3) is 0 Å². The number of ether oxygens (including phenoxy) is 3. The van der Waals surface area contributed by atoms with Gasteiger partial charge in [-0.1, -0.05) is 0 Å². The van der Waals surface area contributed by atoms with Crippen LogP contribution >= 0.6 is 0 Å². The Morgan fingerprint density at radius 3 is 1.96 bits per heavy atom. The van der Waals surface area contributed by atoms with E-state index in [1.807, 2.05) is 0 Å². The van der Waals surface area contributed by atoms with Crippen LogP contribution in [0.5, 0.6) is 17.2 Å². The normalized spacial score (nSPS) is 16.6. The van der Waals surface area contributed by atoms with Gasteiger partial charge in [0.05, 0.1) is 27.2 Å². The van der Waals surface area contributed by atoms with Gasteiger partial charge in [0.25, 0.3) is 0 Å². The fourth-order valence-corrected chi connectivity index (χ4v) is 4.44. The molecular weight excluding hydrogens is 338 g/mol. The highest BCUT2D eigenvalue weighted by atomic mass is 32.2. The van der Waals surface area contributed by atoms with Crippen LogP contribution in [-0.4, -0.2) is 58.2 Å².